The maximum Gasteiger partial charge on any atom is 0.334 e. The molecule has 0 radical (unpaired) electrons. The molecule has 0 aromatic heterocycles. The number of carbonyl (C=O) groups excluding carboxylic acids is 2. The quantitative estimate of drug-likeness (QED) is 0.461. The van der Waals surface area contributed by atoms with Gasteiger partial charge in [0.1, 0.15) is 6.61 Å². The largest absolute Gasteiger partial charge is 0.464 e. The number of Topliss-reactive ketones (excluding diaryl/α,β-unsaturated/α-hetero) is 1. The molecular weight excluding hydrogens is 184 g/mol. The van der Waals surface area contributed by atoms with Gasteiger partial charge in [-0.1, -0.05) is 13.3 Å². The van der Waals surface area contributed by atoms with Gasteiger partial charge in [0.25, 0.3) is 0 Å². The Kier molecular flexibility index (Phi) is 7.02. The van der Waals surface area contributed by atoms with E-state index in [-0.39, 0.29) is 12.4 Å². The molecule has 82 valence electrons. The second-order valence-corrected chi connectivity index (χ2v) is 3.18. The van der Waals surface area contributed by atoms with Gasteiger partial charge >= 0.3 is 5.97 Å². The topological polar surface area (TPSA) is 52.6 Å². The van der Waals surface area contributed by atoms with Gasteiger partial charge in [-0.25, -0.2) is 4.79 Å². The summed E-state index contributed by atoms with van der Waals surface area (Å²) in [6, 6.07) is 0. The van der Waals surface area contributed by atoms with Gasteiger partial charge in [0.2, 0.25) is 0 Å². The van der Waals surface area contributed by atoms with E-state index in [0.717, 1.165) is 12.8 Å². The number of hydrogen-bond donors (Lipinski definition) is 0. The van der Waals surface area contributed by atoms with Gasteiger partial charge in [0.15, 0.2) is 11.9 Å². The van der Waals surface area contributed by atoms with Crippen LogP contribution in [0.4, 0.5) is 0 Å². The van der Waals surface area contributed by atoms with E-state index in [0.29, 0.717) is 6.61 Å². The van der Waals surface area contributed by atoms with Gasteiger partial charge < -0.3 is 9.47 Å². The molecule has 0 unspecified atom stereocenters. The number of unbranched alkanes of at least 4 members (excludes halogenated alkanes) is 1. The molecule has 1 atom stereocenters. The normalized spacial score (nSPS) is 12.2. The van der Waals surface area contributed by atoms with E-state index < -0.39 is 12.1 Å². The smallest absolute Gasteiger partial charge is 0.334 e. The van der Waals surface area contributed by atoms with Crippen molar-refractivity contribution in [2.45, 2.75) is 39.7 Å². The third kappa shape index (κ3) is 6.60. The van der Waals surface area contributed by atoms with Crippen molar-refractivity contribution in [3.05, 3.63) is 0 Å². The minimum atomic E-state index is -0.657. The van der Waals surface area contributed by atoms with Crippen LogP contribution < -0.4 is 0 Å². The van der Waals surface area contributed by atoms with Crippen molar-refractivity contribution >= 4 is 11.8 Å². The van der Waals surface area contributed by atoms with E-state index in [1.54, 1.807) is 6.92 Å². The van der Waals surface area contributed by atoms with Crippen LogP contribution in [0.1, 0.15) is 33.6 Å². The van der Waals surface area contributed by atoms with Crippen molar-refractivity contribution in [3.63, 3.8) is 0 Å². The van der Waals surface area contributed by atoms with Crippen molar-refractivity contribution in [2.75, 3.05) is 13.2 Å². The number of rotatable bonds is 7. The zero-order valence-electron chi connectivity index (χ0n) is 9.04. The number of carbonyl (C=O) groups is 2. The van der Waals surface area contributed by atoms with E-state index in [4.69, 9.17) is 9.47 Å². The summed E-state index contributed by atoms with van der Waals surface area (Å²) in [4.78, 5) is 21.7. The Balaban J connectivity index is 3.59. The molecule has 0 spiro atoms. The predicted molar refractivity (Wildman–Crippen MR) is 52.0 cm³/mol. The summed E-state index contributed by atoms with van der Waals surface area (Å²) < 4.78 is 9.87. The lowest BCUT2D eigenvalue weighted by atomic mass is 10.3. The lowest BCUT2D eigenvalue weighted by Crippen LogP contribution is -2.25. The van der Waals surface area contributed by atoms with Crippen molar-refractivity contribution in [2.24, 2.45) is 0 Å². The Morgan fingerprint density at radius 1 is 1.36 bits per heavy atom. The van der Waals surface area contributed by atoms with E-state index >= 15 is 0 Å². The number of hydrogen-bond acceptors (Lipinski definition) is 4. The van der Waals surface area contributed by atoms with Crippen LogP contribution in [0, 0.1) is 0 Å². The summed E-state index contributed by atoms with van der Waals surface area (Å²) in [5.74, 6) is -0.502. The zero-order chi connectivity index (χ0) is 11.0. The number of ketones is 1. The Morgan fingerprint density at radius 3 is 2.50 bits per heavy atom. The molecule has 0 aliphatic rings. The second kappa shape index (κ2) is 7.50. The Labute approximate surface area is 84.6 Å². The van der Waals surface area contributed by atoms with Crippen LogP contribution in [-0.2, 0) is 19.1 Å². The van der Waals surface area contributed by atoms with Crippen molar-refractivity contribution in [1.82, 2.24) is 0 Å². The van der Waals surface area contributed by atoms with Gasteiger partial charge in [0, 0.05) is 0 Å². The average molecular weight is 202 g/mol. The molecule has 0 bridgehead atoms. The summed E-state index contributed by atoms with van der Waals surface area (Å²) in [5.41, 5.74) is 0. The van der Waals surface area contributed by atoms with Crippen LogP contribution in [0.2, 0.25) is 0 Å². The van der Waals surface area contributed by atoms with Crippen LogP contribution in [0.3, 0.4) is 0 Å². The maximum absolute atomic E-state index is 11.2. The maximum atomic E-state index is 11.2. The summed E-state index contributed by atoms with van der Waals surface area (Å²) in [5, 5.41) is 0. The molecule has 0 saturated heterocycles. The van der Waals surface area contributed by atoms with Gasteiger partial charge in [-0.05, 0) is 20.3 Å². The van der Waals surface area contributed by atoms with Crippen LogP contribution in [0.5, 0.6) is 0 Å². The van der Waals surface area contributed by atoms with Crippen LogP contribution in [0.25, 0.3) is 0 Å². The SMILES string of the molecule is CCCCOC(=O)[C@@H](C)OCC(C)=O. The molecule has 0 fully saturated rings. The van der Waals surface area contributed by atoms with Gasteiger partial charge in [0.05, 0.1) is 6.61 Å². The van der Waals surface area contributed by atoms with Crippen LogP contribution in [0.15, 0.2) is 0 Å². The molecule has 0 aliphatic heterocycles. The first-order valence-electron chi connectivity index (χ1n) is 4.85. The van der Waals surface area contributed by atoms with Crippen LogP contribution >= 0.6 is 0 Å². The lowest BCUT2D eigenvalue weighted by molar-refractivity contribution is -0.156. The van der Waals surface area contributed by atoms with Crippen LogP contribution in [-0.4, -0.2) is 31.1 Å². The molecule has 0 N–H and O–H groups in total. The van der Waals surface area contributed by atoms with Gasteiger partial charge in [-0.15, -0.1) is 0 Å². The first-order valence-corrected chi connectivity index (χ1v) is 4.85. The molecule has 0 heterocycles. The summed E-state index contributed by atoms with van der Waals surface area (Å²) >= 11 is 0. The molecule has 0 rings (SSSR count). The molecule has 0 aromatic carbocycles. The van der Waals surface area contributed by atoms with E-state index in [1.165, 1.54) is 6.92 Å². The number of ether oxygens (including phenoxy) is 2. The minimum Gasteiger partial charge on any atom is -0.464 e. The standard InChI is InChI=1S/C10H18O4/c1-4-5-6-13-10(12)9(3)14-7-8(2)11/h9H,4-7H2,1-3H3/t9-/m1/s1. The fourth-order valence-corrected chi connectivity index (χ4v) is 0.745. The highest BCUT2D eigenvalue weighted by molar-refractivity contribution is 5.78. The third-order valence-electron chi connectivity index (χ3n) is 1.61. The molecule has 0 amide bonds. The first kappa shape index (κ1) is 13.1. The fraction of sp³-hybridized carbons (Fsp3) is 0.800. The zero-order valence-corrected chi connectivity index (χ0v) is 9.04. The molecule has 14 heavy (non-hydrogen) atoms. The predicted octanol–water partition coefficient (Wildman–Crippen LogP) is 1.32. The first-order chi connectivity index (χ1) is 6.57. The minimum absolute atomic E-state index is 0.0377. The summed E-state index contributed by atoms with van der Waals surface area (Å²) in [6.45, 7) is 5.39. The Hall–Kier alpha value is -0.900. The van der Waals surface area contributed by atoms with E-state index in [1.807, 2.05) is 6.92 Å². The van der Waals surface area contributed by atoms with E-state index in [2.05, 4.69) is 0 Å². The average Bonchev–Trinajstić information content (AvgIpc) is 2.14. The monoisotopic (exact) mass is 202 g/mol. The Morgan fingerprint density at radius 2 is 2.00 bits per heavy atom. The van der Waals surface area contributed by atoms with Crippen molar-refractivity contribution < 1.29 is 19.1 Å². The summed E-state index contributed by atoms with van der Waals surface area (Å²) in [7, 11) is 0. The highest BCUT2D eigenvalue weighted by Crippen LogP contribution is 1.97. The molecule has 0 saturated carbocycles. The molecule has 0 aromatic rings. The molecule has 4 heteroatoms. The highest BCUT2D eigenvalue weighted by atomic mass is 16.6. The van der Waals surface area contributed by atoms with Crippen molar-refractivity contribution in [1.29, 1.82) is 0 Å². The summed E-state index contributed by atoms with van der Waals surface area (Å²) in [6.07, 6.45) is 1.18. The third-order valence-corrected chi connectivity index (χ3v) is 1.61. The van der Waals surface area contributed by atoms with Crippen molar-refractivity contribution in [3.8, 4) is 0 Å². The lowest BCUT2D eigenvalue weighted by Gasteiger charge is -2.11. The fourth-order valence-electron chi connectivity index (χ4n) is 0.745. The van der Waals surface area contributed by atoms with E-state index in [9.17, 15) is 9.59 Å². The van der Waals surface area contributed by atoms with Gasteiger partial charge in [-0.3, -0.25) is 4.79 Å². The molecular formula is C10H18O4. The van der Waals surface area contributed by atoms with Gasteiger partial charge in [-0.2, -0.15) is 0 Å². The molecule has 4 nitrogen and oxygen atoms in total. The second-order valence-electron chi connectivity index (χ2n) is 3.18. The molecule has 0 aliphatic carbocycles. The number of esters is 1. The highest BCUT2D eigenvalue weighted by Gasteiger charge is 2.14. The Bertz CT molecular complexity index is 189.